The monoisotopic (exact) mass is 342 g/mol. The van der Waals surface area contributed by atoms with Crippen LogP contribution < -0.4 is 5.32 Å². The van der Waals surface area contributed by atoms with Crippen LogP contribution in [0.25, 0.3) is 0 Å². The maximum absolute atomic E-state index is 12.4. The second-order valence-electron chi connectivity index (χ2n) is 6.82. The fourth-order valence-corrected chi connectivity index (χ4v) is 3.40. The highest BCUT2D eigenvalue weighted by Gasteiger charge is 2.37. The maximum atomic E-state index is 12.4. The molecule has 130 valence electrons. The van der Waals surface area contributed by atoms with E-state index in [2.05, 4.69) is 5.32 Å². The molecule has 0 aliphatic carbocycles. The van der Waals surface area contributed by atoms with E-state index in [1.54, 1.807) is 24.0 Å². The molecule has 0 bridgehead atoms. The molecule has 0 aromatic rings. The Morgan fingerprint density at radius 1 is 1.39 bits per heavy atom. The number of carbonyl (C=O) groups excluding carboxylic acids is 2. The number of carboxylic acid groups (broad SMARTS) is 1. The van der Waals surface area contributed by atoms with Gasteiger partial charge in [-0.3, -0.25) is 9.59 Å². The van der Waals surface area contributed by atoms with Gasteiger partial charge < -0.3 is 15.3 Å². The average molecular weight is 342 g/mol. The third-order valence-corrected chi connectivity index (χ3v) is 4.42. The molecule has 2 N–H and O–H groups in total. The number of nitrogens with zero attached hydrogens (tertiary/aromatic N) is 1. The third kappa shape index (κ3) is 6.25. The molecule has 6 nitrogen and oxygen atoms in total. The Labute approximate surface area is 141 Å². The van der Waals surface area contributed by atoms with Crippen LogP contribution in [0, 0.1) is 5.41 Å². The van der Waals surface area contributed by atoms with E-state index in [9.17, 15) is 19.5 Å². The SMILES string of the molecule is C/C=C/CC(NC(=O)C1CSCN1C(=O)CC(C)(C)C)C(=O)O. The van der Waals surface area contributed by atoms with Crippen molar-refractivity contribution in [1.82, 2.24) is 10.2 Å². The van der Waals surface area contributed by atoms with Gasteiger partial charge in [0.15, 0.2) is 0 Å². The van der Waals surface area contributed by atoms with Crippen LogP contribution in [-0.4, -0.2) is 51.5 Å². The third-order valence-electron chi connectivity index (χ3n) is 3.41. The minimum absolute atomic E-state index is 0.0667. The molecule has 23 heavy (non-hydrogen) atoms. The van der Waals surface area contributed by atoms with Crippen molar-refractivity contribution in [2.75, 3.05) is 11.6 Å². The highest BCUT2D eigenvalue weighted by atomic mass is 32.2. The Kier molecular flexibility index (Phi) is 7.12. The van der Waals surface area contributed by atoms with Gasteiger partial charge in [0.1, 0.15) is 12.1 Å². The molecule has 0 aromatic carbocycles. The van der Waals surface area contributed by atoms with E-state index >= 15 is 0 Å². The molecule has 2 amide bonds. The molecule has 7 heteroatoms. The summed E-state index contributed by atoms with van der Waals surface area (Å²) in [6.45, 7) is 7.71. The molecule has 1 fully saturated rings. The number of hydrogen-bond donors (Lipinski definition) is 2. The van der Waals surface area contributed by atoms with Crippen molar-refractivity contribution in [3.63, 3.8) is 0 Å². The number of aliphatic carboxylic acids is 1. The number of thioether (sulfide) groups is 1. The molecule has 1 aliphatic rings. The summed E-state index contributed by atoms with van der Waals surface area (Å²) in [5.41, 5.74) is -0.152. The van der Waals surface area contributed by atoms with Crippen LogP contribution in [0.5, 0.6) is 0 Å². The van der Waals surface area contributed by atoms with E-state index in [0.717, 1.165) is 0 Å². The first-order valence-electron chi connectivity index (χ1n) is 7.67. The Morgan fingerprint density at radius 3 is 2.57 bits per heavy atom. The first kappa shape index (κ1) is 19.5. The predicted molar refractivity (Wildman–Crippen MR) is 91.0 cm³/mol. The maximum Gasteiger partial charge on any atom is 0.326 e. The Bertz CT molecular complexity index is 485. The van der Waals surface area contributed by atoms with Gasteiger partial charge in [0, 0.05) is 12.2 Å². The first-order valence-corrected chi connectivity index (χ1v) is 8.82. The van der Waals surface area contributed by atoms with Gasteiger partial charge in [0.05, 0.1) is 5.88 Å². The molecule has 2 unspecified atom stereocenters. The molecule has 0 radical (unpaired) electrons. The number of amides is 2. The summed E-state index contributed by atoms with van der Waals surface area (Å²) in [6.07, 6.45) is 4.03. The molecular weight excluding hydrogens is 316 g/mol. The Balaban J connectivity index is 2.73. The minimum Gasteiger partial charge on any atom is -0.480 e. The van der Waals surface area contributed by atoms with Crippen molar-refractivity contribution in [2.45, 2.75) is 52.6 Å². The first-order chi connectivity index (χ1) is 10.7. The van der Waals surface area contributed by atoms with Gasteiger partial charge in [-0.15, -0.1) is 11.8 Å². The zero-order valence-electron chi connectivity index (χ0n) is 14.2. The van der Waals surface area contributed by atoms with Crippen LogP contribution in [0.4, 0.5) is 0 Å². The van der Waals surface area contributed by atoms with Gasteiger partial charge in [-0.1, -0.05) is 32.9 Å². The van der Waals surface area contributed by atoms with E-state index in [1.165, 1.54) is 11.8 Å². The quantitative estimate of drug-likeness (QED) is 0.720. The van der Waals surface area contributed by atoms with Crippen molar-refractivity contribution in [3.05, 3.63) is 12.2 Å². The number of hydrogen-bond acceptors (Lipinski definition) is 4. The van der Waals surface area contributed by atoms with E-state index in [-0.39, 0.29) is 17.7 Å². The van der Waals surface area contributed by atoms with Crippen LogP contribution in [0.2, 0.25) is 0 Å². The number of rotatable bonds is 6. The van der Waals surface area contributed by atoms with Crippen molar-refractivity contribution < 1.29 is 19.5 Å². The lowest BCUT2D eigenvalue weighted by atomic mass is 9.91. The standard InChI is InChI=1S/C16H26N2O4S/c1-5-6-7-11(15(21)22)17-14(20)12-9-23-10-18(12)13(19)8-16(2,3)4/h5-6,11-12H,7-10H2,1-4H3,(H,17,20)(H,21,22)/b6-5+. The highest BCUT2D eigenvalue weighted by molar-refractivity contribution is 7.99. The molecule has 0 spiro atoms. The molecule has 0 aromatic heterocycles. The summed E-state index contributed by atoms with van der Waals surface area (Å²) in [5.74, 6) is -0.566. The Hall–Kier alpha value is -1.50. The van der Waals surface area contributed by atoms with Crippen LogP contribution in [0.3, 0.4) is 0 Å². The molecule has 2 atom stereocenters. The second kappa shape index (κ2) is 8.38. The van der Waals surface area contributed by atoms with Gasteiger partial charge in [-0.05, 0) is 18.8 Å². The molecule has 0 saturated carbocycles. The van der Waals surface area contributed by atoms with E-state index in [0.29, 0.717) is 18.1 Å². The normalized spacial score (nSPS) is 19.8. The summed E-state index contributed by atoms with van der Waals surface area (Å²) in [4.78, 5) is 37.6. The number of carboxylic acids is 1. The Morgan fingerprint density at radius 2 is 2.04 bits per heavy atom. The van der Waals surface area contributed by atoms with Gasteiger partial charge in [-0.25, -0.2) is 4.79 Å². The number of carbonyl (C=O) groups is 3. The second-order valence-corrected chi connectivity index (χ2v) is 7.82. The van der Waals surface area contributed by atoms with Crippen molar-refractivity contribution in [1.29, 1.82) is 0 Å². The summed E-state index contributed by atoms with van der Waals surface area (Å²) < 4.78 is 0. The molecule has 1 aliphatic heterocycles. The van der Waals surface area contributed by atoms with E-state index < -0.39 is 24.0 Å². The van der Waals surface area contributed by atoms with Crippen LogP contribution in [0.1, 0.15) is 40.5 Å². The lowest BCUT2D eigenvalue weighted by molar-refractivity contribution is -0.143. The highest BCUT2D eigenvalue weighted by Crippen LogP contribution is 2.26. The van der Waals surface area contributed by atoms with Crippen molar-refractivity contribution in [3.8, 4) is 0 Å². The fourth-order valence-electron chi connectivity index (χ4n) is 2.22. The molecular formula is C16H26N2O4S. The van der Waals surface area contributed by atoms with Crippen molar-refractivity contribution in [2.24, 2.45) is 5.41 Å². The summed E-state index contributed by atoms with van der Waals surface area (Å²) >= 11 is 1.51. The predicted octanol–water partition coefficient (Wildman–Crippen LogP) is 1.86. The minimum atomic E-state index is -1.07. The summed E-state index contributed by atoms with van der Waals surface area (Å²) in [7, 11) is 0. The van der Waals surface area contributed by atoms with Crippen LogP contribution >= 0.6 is 11.8 Å². The molecule has 1 rings (SSSR count). The lowest BCUT2D eigenvalue weighted by Gasteiger charge is -2.27. The van der Waals surface area contributed by atoms with Crippen LogP contribution in [0.15, 0.2) is 12.2 Å². The molecule has 1 saturated heterocycles. The van der Waals surface area contributed by atoms with Gasteiger partial charge >= 0.3 is 5.97 Å². The summed E-state index contributed by atoms with van der Waals surface area (Å²) in [5, 5.41) is 11.7. The van der Waals surface area contributed by atoms with E-state index in [4.69, 9.17) is 0 Å². The number of allylic oxidation sites excluding steroid dienone is 1. The smallest absolute Gasteiger partial charge is 0.326 e. The average Bonchev–Trinajstić information content (AvgIpc) is 2.90. The lowest BCUT2D eigenvalue weighted by Crippen LogP contribution is -2.52. The number of nitrogens with one attached hydrogen (secondary N) is 1. The zero-order chi connectivity index (χ0) is 17.6. The van der Waals surface area contributed by atoms with Crippen molar-refractivity contribution >= 4 is 29.5 Å². The summed E-state index contributed by atoms with van der Waals surface area (Å²) in [6, 6.07) is -1.56. The fraction of sp³-hybridized carbons (Fsp3) is 0.688. The van der Waals surface area contributed by atoms with Gasteiger partial charge in [0.2, 0.25) is 11.8 Å². The topological polar surface area (TPSA) is 86.7 Å². The zero-order valence-corrected chi connectivity index (χ0v) is 15.0. The van der Waals surface area contributed by atoms with Gasteiger partial charge in [0.25, 0.3) is 0 Å². The molecule has 1 heterocycles. The van der Waals surface area contributed by atoms with E-state index in [1.807, 2.05) is 20.8 Å². The largest absolute Gasteiger partial charge is 0.480 e. The van der Waals surface area contributed by atoms with Crippen LogP contribution in [-0.2, 0) is 14.4 Å². The van der Waals surface area contributed by atoms with Gasteiger partial charge in [-0.2, -0.15) is 0 Å².